The zero-order chi connectivity index (χ0) is 25.7. The molecule has 194 valence electrons. The van der Waals surface area contributed by atoms with E-state index in [2.05, 4.69) is 4.98 Å². The lowest BCUT2D eigenvalue weighted by molar-refractivity contribution is 0.0595. The number of aromatic nitrogens is 1. The number of hydrogen-bond acceptors (Lipinski definition) is 7. The standard InChI is InChI=1S/C26H33N3O5S2/c1-4-6-15-29(5-2)36(31,32)22-10-7-19(8-11-22)25(30)28-16-13-20(14-17-28)34-26-27-23-18-21(33-3)9-12-24(23)35-26/h7-12,18,20H,4-6,13-17H2,1-3H3. The second-order valence-corrected chi connectivity index (χ2v) is 11.7. The molecule has 2 aromatic carbocycles. The van der Waals surface area contributed by atoms with Crippen LogP contribution in [0.3, 0.4) is 0 Å². The van der Waals surface area contributed by atoms with Gasteiger partial charge in [-0.25, -0.2) is 13.4 Å². The number of piperidine rings is 1. The lowest BCUT2D eigenvalue weighted by Gasteiger charge is -2.31. The third-order valence-corrected chi connectivity index (χ3v) is 9.34. The molecule has 10 heteroatoms. The van der Waals surface area contributed by atoms with Crippen molar-refractivity contribution in [2.24, 2.45) is 0 Å². The van der Waals surface area contributed by atoms with Crippen molar-refractivity contribution < 1.29 is 22.7 Å². The number of amides is 1. The Morgan fingerprint density at radius 1 is 1.14 bits per heavy atom. The van der Waals surface area contributed by atoms with Crippen LogP contribution in [-0.2, 0) is 10.0 Å². The molecule has 8 nitrogen and oxygen atoms in total. The molecule has 3 aromatic rings. The van der Waals surface area contributed by atoms with Gasteiger partial charge in [-0.05, 0) is 42.8 Å². The van der Waals surface area contributed by atoms with E-state index in [0.29, 0.717) is 49.8 Å². The van der Waals surface area contributed by atoms with Gasteiger partial charge in [0.15, 0.2) is 0 Å². The summed E-state index contributed by atoms with van der Waals surface area (Å²) in [5.41, 5.74) is 1.34. The van der Waals surface area contributed by atoms with E-state index in [0.717, 1.165) is 28.8 Å². The molecule has 36 heavy (non-hydrogen) atoms. The van der Waals surface area contributed by atoms with Crippen molar-refractivity contribution in [2.45, 2.75) is 50.5 Å². The molecule has 0 atom stereocenters. The quantitative estimate of drug-likeness (QED) is 0.373. The number of benzene rings is 2. The van der Waals surface area contributed by atoms with Gasteiger partial charge in [-0.1, -0.05) is 31.6 Å². The lowest BCUT2D eigenvalue weighted by Crippen LogP contribution is -2.41. The first-order valence-electron chi connectivity index (χ1n) is 12.4. The van der Waals surface area contributed by atoms with Gasteiger partial charge >= 0.3 is 0 Å². The van der Waals surface area contributed by atoms with Crippen LogP contribution in [0.4, 0.5) is 0 Å². The second-order valence-electron chi connectivity index (χ2n) is 8.80. The average Bonchev–Trinajstić information content (AvgIpc) is 3.30. The van der Waals surface area contributed by atoms with E-state index in [1.165, 1.54) is 27.8 Å². The van der Waals surface area contributed by atoms with Crippen molar-refractivity contribution in [1.29, 1.82) is 0 Å². The Hall–Kier alpha value is -2.69. The maximum Gasteiger partial charge on any atom is 0.274 e. The van der Waals surface area contributed by atoms with Crippen LogP contribution >= 0.6 is 11.3 Å². The monoisotopic (exact) mass is 531 g/mol. The lowest BCUT2D eigenvalue weighted by atomic mass is 10.1. The fourth-order valence-corrected chi connectivity index (χ4v) is 6.62. The summed E-state index contributed by atoms with van der Waals surface area (Å²) in [7, 11) is -1.93. The molecule has 0 bridgehead atoms. The molecule has 1 amide bonds. The number of thiazole rings is 1. The van der Waals surface area contributed by atoms with Gasteiger partial charge < -0.3 is 14.4 Å². The Bertz CT molecular complexity index is 1280. The number of carbonyl (C=O) groups excluding carboxylic acids is 1. The van der Waals surface area contributed by atoms with Gasteiger partial charge in [0, 0.05) is 50.7 Å². The number of ether oxygens (including phenoxy) is 2. The van der Waals surface area contributed by atoms with Crippen molar-refractivity contribution in [3.63, 3.8) is 0 Å². The molecular formula is C26H33N3O5S2. The summed E-state index contributed by atoms with van der Waals surface area (Å²) in [6.45, 7) is 5.94. The fourth-order valence-electron chi connectivity index (χ4n) is 4.27. The highest BCUT2D eigenvalue weighted by Crippen LogP contribution is 2.32. The molecule has 0 N–H and O–H groups in total. The van der Waals surface area contributed by atoms with Crippen molar-refractivity contribution >= 4 is 37.5 Å². The zero-order valence-corrected chi connectivity index (χ0v) is 22.6. The highest BCUT2D eigenvalue weighted by molar-refractivity contribution is 7.89. The maximum absolute atomic E-state index is 13.0. The van der Waals surface area contributed by atoms with E-state index in [-0.39, 0.29) is 16.9 Å². The average molecular weight is 532 g/mol. The molecule has 1 aliphatic rings. The smallest absolute Gasteiger partial charge is 0.274 e. The minimum absolute atomic E-state index is 0.00725. The van der Waals surface area contributed by atoms with Gasteiger partial charge in [-0.2, -0.15) is 4.31 Å². The van der Waals surface area contributed by atoms with E-state index < -0.39 is 10.0 Å². The van der Waals surface area contributed by atoms with Crippen LogP contribution in [-0.4, -0.2) is 67.9 Å². The first-order valence-corrected chi connectivity index (χ1v) is 14.6. The Balaban J connectivity index is 1.34. The SMILES string of the molecule is CCCCN(CC)S(=O)(=O)c1ccc(C(=O)N2CCC(Oc3nc4cc(OC)ccc4s3)CC2)cc1. The van der Waals surface area contributed by atoms with E-state index in [4.69, 9.17) is 9.47 Å². The van der Waals surface area contributed by atoms with E-state index in [9.17, 15) is 13.2 Å². The Morgan fingerprint density at radius 3 is 2.50 bits per heavy atom. The highest BCUT2D eigenvalue weighted by Gasteiger charge is 2.27. The molecule has 2 heterocycles. The minimum atomic E-state index is -3.56. The third kappa shape index (κ3) is 5.82. The third-order valence-electron chi connectivity index (χ3n) is 6.42. The Kier molecular flexibility index (Phi) is 8.48. The predicted octanol–water partition coefficient (Wildman–Crippen LogP) is 4.80. The van der Waals surface area contributed by atoms with Gasteiger partial charge in [-0.3, -0.25) is 4.79 Å². The van der Waals surface area contributed by atoms with Gasteiger partial charge in [0.25, 0.3) is 11.1 Å². The number of rotatable bonds is 10. The number of unbranched alkanes of at least 4 members (excludes halogenated alkanes) is 1. The van der Waals surface area contributed by atoms with Crippen LogP contribution in [0.25, 0.3) is 10.2 Å². The largest absolute Gasteiger partial charge is 0.497 e. The number of likely N-dealkylation sites (tertiary alicyclic amines) is 1. The summed E-state index contributed by atoms with van der Waals surface area (Å²) >= 11 is 1.50. The summed E-state index contributed by atoms with van der Waals surface area (Å²) in [5, 5.41) is 0.625. The van der Waals surface area contributed by atoms with Crippen molar-refractivity contribution in [1.82, 2.24) is 14.2 Å². The number of methoxy groups -OCH3 is 1. The summed E-state index contributed by atoms with van der Waals surface area (Å²) in [6.07, 6.45) is 3.15. The molecule has 0 saturated carbocycles. The van der Waals surface area contributed by atoms with Crippen molar-refractivity contribution in [3.05, 3.63) is 48.0 Å². The highest BCUT2D eigenvalue weighted by atomic mass is 32.2. The van der Waals surface area contributed by atoms with E-state index >= 15 is 0 Å². The van der Waals surface area contributed by atoms with Crippen molar-refractivity contribution in [3.8, 4) is 10.9 Å². The van der Waals surface area contributed by atoms with E-state index in [1.54, 1.807) is 24.1 Å². The van der Waals surface area contributed by atoms with Crippen molar-refractivity contribution in [2.75, 3.05) is 33.3 Å². The number of sulfonamides is 1. The van der Waals surface area contributed by atoms with Crippen LogP contribution in [0, 0.1) is 0 Å². The maximum atomic E-state index is 13.0. The molecule has 1 fully saturated rings. The van der Waals surface area contributed by atoms with Crippen LogP contribution < -0.4 is 9.47 Å². The molecule has 4 rings (SSSR count). The number of nitrogens with zero attached hydrogens (tertiary/aromatic N) is 3. The van der Waals surface area contributed by atoms with Crippen LogP contribution in [0.1, 0.15) is 49.9 Å². The predicted molar refractivity (Wildman–Crippen MR) is 142 cm³/mol. The summed E-state index contributed by atoms with van der Waals surface area (Å²) in [5.74, 6) is 0.666. The van der Waals surface area contributed by atoms with Crippen LogP contribution in [0.5, 0.6) is 10.9 Å². The first-order chi connectivity index (χ1) is 17.3. The summed E-state index contributed by atoms with van der Waals surface area (Å²) in [6, 6.07) is 12.1. The van der Waals surface area contributed by atoms with Gasteiger partial charge in [0.05, 0.1) is 22.2 Å². The number of fused-ring (bicyclic) bond motifs is 1. The summed E-state index contributed by atoms with van der Waals surface area (Å²) < 4.78 is 39.8. The molecule has 0 spiro atoms. The van der Waals surface area contributed by atoms with Gasteiger partial charge in [0.1, 0.15) is 11.9 Å². The molecular weight excluding hydrogens is 498 g/mol. The number of hydrogen-bond donors (Lipinski definition) is 0. The van der Waals surface area contributed by atoms with Gasteiger partial charge in [-0.15, -0.1) is 0 Å². The normalized spacial score (nSPS) is 14.9. The Morgan fingerprint density at radius 2 is 1.86 bits per heavy atom. The summed E-state index contributed by atoms with van der Waals surface area (Å²) in [4.78, 5) is 19.6. The Labute approximate surface area is 216 Å². The zero-order valence-electron chi connectivity index (χ0n) is 21.0. The molecule has 0 radical (unpaired) electrons. The van der Waals surface area contributed by atoms with Crippen LogP contribution in [0.15, 0.2) is 47.4 Å². The number of carbonyl (C=O) groups is 1. The molecule has 0 aliphatic carbocycles. The molecule has 1 aromatic heterocycles. The minimum Gasteiger partial charge on any atom is -0.497 e. The van der Waals surface area contributed by atoms with E-state index in [1.807, 2.05) is 32.0 Å². The topological polar surface area (TPSA) is 89.0 Å². The second kappa shape index (κ2) is 11.6. The molecule has 0 unspecified atom stereocenters. The fraction of sp³-hybridized carbons (Fsp3) is 0.462. The molecule has 1 saturated heterocycles. The molecule has 1 aliphatic heterocycles. The van der Waals surface area contributed by atoms with Crippen LogP contribution in [0.2, 0.25) is 0 Å². The van der Waals surface area contributed by atoms with Gasteiger partial charge in [0.2, 0.25) is 10.0 Å². The first kappa shape index (κ1) is 26.4.